The lowest BCUT2D eigenvalue weighted by Gasteiger charge is -2.36. The van der Waals surface area contributed by atoms with Crippen LogP contribution in [0.15, 0.2) is 18.2 Å². The van der Waals surface area contributed by atoms with Gasteiger partial charge in [-0.05, 0) is 49.9 Å². The monoisotopic (exact) mass is 338 g/mol. The minimum absolute atomic E-state index is 0.00830. The molecule has 0 radical (unpaired) electrons. The van der Waals surface area contributed by atoms with Crippen LogP contribution in [-0.4, -0.2) is 29.9 Å². The Bertz CT molecular complexity index is 578. The summed E-state index contributed by atoms with van der Waals surface area (Å²) in [5, 5.41) is 3.17. The third-order valence-electron chi connectivity index (χ3n) is 5.49. The molecule has 5 heteroatoms. The molecular weight excluding hydrogens is 310 g/mol. The lowest BCUT2D eigenvalue weighted by molar-refractivity contribution is -0.127. The van der Waals surface area contributed by atoms with Crippen LogP contribution in [0.5, 0.6) is 0 Å². The van der Waals surface area contributed by atoms with E-state index >= 15 is 0 Å². The number of hydrogen-bond donors (Lipinski definition) is 1. The van der Waals surface area contributed by atoms with Gasteiger partial charge in [-0.2, -0.15) is 0 Å². The second-order valence-electron chi connectivity index (χ2n) is 7.22. The fourth-order valence-corrected chi connectivity index (χ4v) is 3.35. The zero-order valence-electron chi connectivity index (χ0n) is 15.0. The van der Waals surface area contributed by atoms with Crippen molar-refractivity contribution in [3.8, 4) is 0 Å². The van der Waals surface area contributed by atoms with Gasteiger partial charge in [0, 0.05) is 12.6 Å². The quantitative estimate of drug-likeness (QED) is 0.887. The fraction of sp³-hybridized carbons (Fsp3) is 0.632. The molecule has 1 aromatic carbocycles. The molecule has 3 nitrogen and oxygen atoms in total. The van der Waals surface area contributed by atoms with Gasteiger partial charge in [-0.15, -0.1) is 0 Å². The molecule has 24 heavy (non-hydrogen) atoms. The maximum atomic E-state index is 13.3. The molecule has 0 aliphatic heterocycles. The molecule has 1 saturated carbocycles. The summed E-state index contributed by atoms with van der Waals surface area (Å²) in [4.78, 5) is 14.4. The van der Waals surface area contributed by atoms with Crippen LogP contribution in [0.25, 0.3) is 0 Å². The number of nitrogens with zero attached hydrogens (tertiary/aromatic N) is 1. The molecule has 0 spiro atoms. The fourth-order valence-electron chi connectivity index (χ4n) is 3.35. The van der Waals surface area contributed by atoms with Crippen molar-refractivity contribution in [2.45, 2.75) is 58.7 Å². The van der Waals surface area contributed by atoms with Crippen molar-refractivity contribution < 1.29 is 13.6 Å². The van der Waals surface area contributed by atoms with Crippen molar-refractivity contribution in [1.29, 1.82) is 0 Å². The van der Waals surface area contributed by atoms with E-state index in [9.17, 15) is 13.6 Å². The number of halogens is 2. The Hall–Kier alpha value is -1.49. The minimum atomic E-state index is -0.858. The average molecular weight is 338 g/mol. The number of carbonyl (C=O) groups is 1. The summed E-state index contributed by atoms with van der Waals surface area (Å²) in [6.45, 7) is 6.67. The average Bonchev–Trinajstić information content (AvgIpc) is 2.54. The van der Waals surface area contributed by atoms with Crippen LogP contribution < -0.4 is 5.32 Å². The van der Waals surface area contributed by atoms with Gasteiger partial charge in [-0.1, -0.05) is 32.8 Å². The Balaban J connectivity index is 1.92. The van der Waals surface area contributed by atoms with Crippen molar-refractivity contribution in [1.82, 2.24) is 10.2 Å². The number of hydrogen-bond acceptors (Lipinski definition) is 2. The normalized spacial score (nSPS) is 25.5. The Labute approximate surface area is 143 Å². The summed E-state index contributed by atoms with van der Waals surface area (Å²) >= 11 is 0. The van der Waals surface area contributed by atoms with Crippen LogP contribution in [0.4, 0.5) is 8.78 Å². The molecule has 1 aliphatic rings. The topological polar surface area (TPSA) is 32.3 Å². The molecule has 1 aliphatic carbocycles. The van der Waals surface area contributed by atoms with Gasteiger partial charge in [-0.3, -0.25) is 9.69 Å². The van der Waals surface area contributed by atoms with Crippen LogP contribution in [0.1, 0.15) is 45.6 Å². The van der Waals surface area contributed by atoms with Gasteiger partial charge in [-0.25, -0.2) is 8.78 Å². The summed E-state index contributed by atoms with van der Waals surface area (Å²) in [5.41, 5.74) is 0.649. The van der Waals surface area contributed by atoms with E-state index in [1.54, 1.807) is 6.07 Å². The number of nitrogens with one attached hydrogen (secondary N) is 1. The van der Waals surface area contributed by atoms with Gasteiger partial charge in [0.25, 0.3) is 0 Å². The maximum Gasteiger partial charge on any atom is 0.237 e. The molecule has 1 aromatic rings. The van der Waals surface area contributed by atoms with Gasteiger partial charge in [0.2, 0.25) is 5.91 Å². The predicted molar refractivity (Wildman–Crippen MR) is 91.4 cm³/mol. The standard InChI is InChI=1S/C19H28F2N2O/c1-12-6-5-7-18(13(12)2)22-19(24)14(3)23(4)11-15-8-9-16(20)17(21)10-15/h8-10,12-14,18H,5-7,11H2,1-4H3,(H,22,24)/t12-,13+,14-,18+/m1/s1. The molecule has 1 amide bonds. The highest BCUT2D eigenvalue weighted by atomic mass is 19.2. The highest BCUT2D eigenvalue weighted by Gasteiger charge is 2.30. The maximum absolute atomic E-state index is 13.3. The molecule has 0 saturated heterocycles. The molecule has 2 rings (SSSR count). The molecule has 0 aromatic heterocycles. The SMILES string of the molecule is C[C@H]1[C@H](C)CCC[C@@H]1NC(=O)[C@@H](C)N(C)Cc1ccc(F)c(F)c1. The Morgan fingerprint density at radius 3 is 2.67 bits per heavy atom. The number of carbonyl (C=O) groups excluding carboxylic acids is 1. The Morgan fingerprint density at radius 1 is 1.29 bits per heavy atom. The van der Waals surface area contributed by atoms with E-state index < -0.39 is 11.6 Å². The highest BCUT2D eigenvalue weighted by molar-refractivity contribution is 5.81. The van der Waals surface area contributed by atoms with E-state index in [1.165, 1.54) is 12.5 Å². The van der Waals surface area contributed by atoms with Crippen molar-refractivity contribution >= 4 is 5.91 Å². The minimum Gasteiger partial charge on any atom is -0.352 e. The summed E-state index contributed by atoms with van der Waals surface area (Å²) in [7, 11) is 1.82. The van der Waals surface area contributed by atoms with Crippen LogP contribution in [0.3, 0.4) is 0 Å². The molecule has 0 bridgehead atoms. The van der Waals surface area contributed by atoms with Crippen LogP contribution in [-0.2, 0) is 11.3 Å². The summed E-state index contributed by atoms with van der Waals surface area (Å²) in [6.07, 6.45) is 3.39. The first-order valence-electron chi connectivity index (χ1n) is 8.74. The Kier molecular flexibility index (Phi) is 6.33. The molecule has 134 valence electrons. The smallest absolute Gasteiger partial charge is 0.237 e. The van der Waals surface area contributed by atoms with Gasteiger partial charge >= 0.3 is 0 Å². The van der Waals surface area contributed by atoms with E-state index in [4.69, 9.17) is 0 Å². The molecule has 0 unspecified atom stereocenters. The first kappa shape index (κ1) is 18.8. The van der Waals surface area contributed by atoms with E-state index in [1.807, 2.05) is 18.9 Å². The zero-order valence-corrected chi connectivity index (χ0v) is 15.0. The van der Waals surface area contributed by atoms with E-state index in [2.05, 4.69) is 19.2 Å². The number of rotatable bonds is 5. The lowest BCUT2D eigenvalue weighted by Crippen LogP contribution is -2.50. The third-order valence-corrected chi connectivity index (χ3v) is 5.49. The van der Waals surface area contributed by atoms with E-state index in [-0.39, 0.29) is 18.0 Å². The van der Waals surface area contributed by atoms with Crippen LogP contribution in [0.2, 0.25) is 0 Å². The van der Waals surface area contributed by atoms with Gasteiger partial charge < -0.3 is 5.32 Å². The van der Waals surface area contributed by atoms with Gasteiger partial charge in [0.1, 0.15) is 0 Å². The van der Waals surface area contributed by atoms with Crippen molar-refractivity contribution in [2.24, 2.45) is 11.8 Å². The first-order valence-corrected chi connectivity index (χ1v) is 8.74. The highest BCUT2D eigenvalue weighted by Crippen LogP contribution is 2.29. The van der Waals surface area contributed by atoms with E-state index in [0.29, 0.717) is 23.9 Å². The Morgan fingerprint density at radius 2 is 2.00 bits per heavy atom. The summed E-state index contributed by atoms with van der Waals surface area (Å²) in [6, 6.07) is 3.74. The van der Waals surface area contributed by atoms with Crippen LogP contribution >= 0.6 is 0 Å². The third kappa shape index (κ3) is 4.53. The van der Waals surface area contributed by atoms with Gasteiger partial charge in [0.05, 0.1) is 6.04 Å². The second-order valence-corrected chi connectivity index (χ2v) is 7.22. The van der Waals surface area contributed by atoms with Crippen LogP contribution in [0, 0.1) is 23.5 Å². The molecule has 1 fully saturated rings. The predicted octanol–water partition coefficient (Wildman–Crippen LogP) is 3.73. The first-order chi connectivity index (χ1) is 11.3. The second kappa shape index (κ2) is 8.06. The number of likely N-dealkylation sites (N-methyl/N-ethyl adjacent to an activating group) is 1. The number of amides is 1. The molecular formula is C19H28F2N2O. The van der Waals surface area contributed by atoms with Crippen molar-refractivity contribution in [3.05, 3.63) is 35.4 Å². The number of benzene rings is 1. The lowest BCUT2D eigenvalue weighted by atomic mass is 9.78. The largest absolute Gasteiger partial charge is 0.352 e. The van der Waals surface area contributed by atoms with E-state index in [0.717, 1.165) is 18.9 Å². The zero-order chi connectivity index (χ0) is 17.9. The summed E-state index contributed by atoms with van der Waals surface area (Å²) < 4.78 is 26.3. The van der Waals surface area contributed by atoms with Crippen molar-refractivity contribution in [3.63, 3.8) is 0 Å². The van der Waals surface area contributed by atoms with Crippen molar-refractivity contribution in [2.75, 3.05) is 7.05 Å². The molecule has 4 atom stereocenters. The molecule has 0 heterocycles. The molecule has 1 N–H and O–H groups in total. The summed E-state index contributed by atoms with van der Waals surface area (Å²) in [5.74, 6) is -0.618. The van der Waals surface area contributed by atoms with Gasteiger partial charge in [0.15, 0.2) is 11.6 Å².